The molecule has 0 saturated carbocycles. The normalized spacial score (nSPS) is 11.5. The molecule has 2 aromatic carbocycles. The third-order valence-corrected chi connectivity index (χ3v) is 7.04. The molecule has 1 heterocycles. The van der Waals surface area contributed by atoms with Crippen molar-refractivity contribution in [2.75, 3.05) is 31.0 Å². The fourth-order valence-corrected chi connectivity index (χ4v) is 5.06. The van der Waals surface area contributed by atoms with Crippen LogP contribution >= 0.6 is 0 Å². The molecular formula is C24H30N4O4S. The lowest BCUT2D eigenvalue weighted by atomic mass is 10.2. The van der Waals surface area contributed by atoms with E-state index in [0.29, 0.717) is 35.8 Å². The van der Waals surface area contributed by atoms with Crippen molar-refractivity contribution >= 4 is 21.7 Å². The molecule has 0 unspecified atom stereocenters. The van der Waals surface area contributed by atoms with Crippen LogP contribution in [-0.4, -0.2) is 55.3 Å². The summed E-state index contributed by atoms with van der Waals surface area (Å²) in [4.78, 5) is 14.5. The van der Waals surface area contributed by atoms with Crippen molar-refractivity contribution in [3.8, 4) is 5.69 Å². The maximum Gasteiger partial charge on any atom is 0.338 e. The number of hydrogen-bond donors (Lipinski definition) is 1. The van der Waals surface area contributed by atoms with Gasteiger partial charge >= 0.3 is 5.97 Å². The summed E-state index contributed by atoms with van der Waals surface area (Å²) in [6, 6.07) is 15.5. The summed E-state index contributed by atoms with van der Waals surface area (Å²) in [5.74, 6) is -0.438. The highest BCUT2D eigenvalue weighted by atomic mass is 32.2. The first-order valence-corrected chi connectivity index (χ1v) is 12.4. The van der Waals surface area contributed by atoms with Crippen LogP contribution in [0, 0.1) is 13.8 Å². The molecule has 1 N–H and O–H groups in total. The van der Waals surface area contributed by atoms with E-state index in [2.05, 4.69) is 28.6 Å². The van der Waals surface area contributed by atoms with E-state index in [1.54, 1.807) is 42.8 Å². The third kappa shape index (κ3) is 5.80. The van der Waals surface area contributed by atoms with Crippen LogP contribution in [0.2, 0.25) is 0 Å². The van der Waals surface area contributed by atoms with Crippen LogP contribution in [0.25, 0.3) is 5.69 Å². The van der Waals surface area contributed by atoms with Crippen LogP contribution < -0.4 is 4.72 Å². The second-order valence-corrected chi connectivity index (χ2v) is 9.21. The number of nitrogens with one attached hydrogen (secondary N) is 1. The number of para-hydroxylation sites is 1. The largest absolute Gasteiger partial charge is 0.461 e. The van der Waals surface area contributed by atoms with E-state index in [-0.39, 0.29) is 4.90 Å². The second-order valence-electron chi connectivity index (χ2n) is 7.59. The molecule has 176 valence electrons. The van der Waals surface area contributed by atoms with E-state index < -0.39 is 16.0 Å². The Morgan fingerprint density at radius 3 is 2.27 bits per heavy atom. The van der Waals surface area contributed by atoms with E-state index >= 15 is 0 Å². The lowest BCUT2D eigenvalue weighted by Gasteiger charge is -2.17. The monoisotopic (exact) mass is 470 g/mol. The maximum atomic E-state index is 13.1. The molecule has 33 heavy (non-hydrogen) atoms. The van der Waals surface area contributed by atoms with E-state index in [0.717, 1.165) is 18.8 Å². The van der Waals surface area contributed by atoms with Gasteiger partial charge in [0.05, 0.1) is 22.6 Å². The van der Waals surface area contributed by atoms with Crippen molar-refractivity contribution in [3.63, 3.8) is 0 Å². The molecule has 0 aliphatic rings. The number of likely N-dealkylation sites (N-methyl/N-ethyl adjacent to an activating group) is 1. The maximum absolute atomic E-state index is 13.1. The van der Waals surface area contributed by atoms with Gasteiger partial charge in [0.15, 0.2) is 0 Å². The van der Waals surface area contributed by atoms with Crippen LogP contribution in [0.4, 0.5) is 5.69 Å². The van der Waals surface area contributed by atoms with Gasteiger partial charge in [-0.2, -0.15) is 5.10 Å². The second kappa shape index (κ2) is 10.6. The summed E-state index contributed by atoms with van der Waals surface area (Å²) in [5, 5.41) is 4.41. The first kappa shape index (κ1) is 24.5. The van der Waals surface area contributed by atoms with Crippen molar-refractivity contribution < 1.29 is 17.9 Å². The molecule has 0 aliphatic heterocycles. The highest BCUT2D eigenvalue weighted by molar-refractivity contribution is 7.92. The van der Waals surface area contributed by atoms with Gasteiger partial charge in [0.25, 0.3) is 10.0 Å². The molecule has 3 aromatic rings. The van der Waals surface area contributed by atoms with Gasteiger partial charge in [-0.15, -0.1) is 0 Å². The highest BCUT2D eigenvalue weighted by Gasteiger charge is 2.25. The van der Waals surface area contributed by atoms with Crippen molar-refractivity contribution in [2.24, 2.45) is 0 Å². The van der Waals surface area contributed by atoms with Crippen LogP contribution in [0.1, 0.15) is 35.6 Å². The van der Waals surface area contributed by atoms with E-state index in [1.807, 2.05) is 30.3 Å². The van der Waals surface area contributed by atoms with Gasteiger partial charge in [-0.05, 0) is 63.3 Å². The number of ether oxygens (including phenoxy) is 1. The van der Waals surface area contributed by atoms with Gasteiger partial charge in [0, 0.05) is 12.2 Å². The molecule has 0 amide bonds. The smallest absolute Gasteiger partial charge is 0.338 e. The van der Waals surface area contributed by atoms with Gasteiger partial charge < -0.3 is 9.64 Å². The number of hydrogen-bond acceptors (Lipinski definition) is 6. The SMILES string of the molecule is CCN(CC)CCOC(=O)c1ccc(NS(=O)(=O)c2c(C)nn(-c3ccccc3)c2C)cc1. The van der Waals surface area contributed by atoms with Crippen LogP contribution in [-0.2, 0) is 14.8 Å². The molecule has 0 fully saturated rings. The number of carbonyl (C=O) groups is 1. The lowest BCUT2D eigenvalue weighted by molar-refractivity contribution is 0.0466. The molecule has 1 aromatic heterocycles. The zero-order chi connectivity index (χ0) is 24.0. The lowest BCUT2D eigenvalue weighted by Crippen LogP contribution is -2.27. The summed E-state index contributed by atoms with van der Waals surface area (Å²) in [5.41, 5.74) is 2.41. The number of sulfonamides is 1. The Labute approximate surface area is 195 Å². The quantitative estimate of drug-likeness (QED) is 0.453. The average molecular weight is 471 g/mol. The molecule has 0 saturated heterocycles. The minimum absolute atomic E-state index is 0.131. The highest BCUT2D eigenvalue weighted by Crippen LogP contribution is 2.25. The molecule has 0 bridgehead atoms. The number of aryl methyl sites for hydroxylation is 1. The van der Waals surface area contributed by atoms with Gasteiger partial charge in [-0.3, -0.25) is 4.72 Å². The first-order chi connectivity index (χ1) is 15.8. The van der Waals surface area contributed by atoms with E-state index in [4.69, 9.17) is 4.74 Å². The fraction of sp³-hybridized carbons (Fsp3) is 0.333. The predicted octanol–water partition coefficient (Wildman–Crippen LogP) is 3.79. The molecule has 3 rings (SSSR count). The van der Waals surface area contributed by atoms with Gasteiger partial charge in [-0.1, -0.05) is 32.0 Å². The van der Waals surface area contributed by atoms with Crippen LogP contribution in [0.3, 0.4) is 0 Å². The number of esters is 1. The van der Waals surface area contributed by atoms with Gasteiger partial charge in [-0.25, -0.2) is 17.9 Å². The van der Waals surface area contributed by atoms with Gasteiger partial charge in [0.2, 0.25) is 0 Å². The summed E-state index contributed by atoms with van der Waals surface area (Å²) < 4.78 is 35.7. The van der Waals surface area contributed by atoms with E-state index in [9.17, 15) is 13.2 Å². The van der Waals surface area contributed by atoms with Crippen LogP contribution in [0.15, 0.2) is 59.5 Å². The summed E-state index contributed by atoms with van der Waals surface area (Å²) in [7, 11) is -3.88. The Morgan fingerprint density at radius 2 is 1.67 bits per heavy atom. The number of aromatic nitrogens is 2. The minimum Gasteiger partial charge on any atom is -0.461 e. The van der Waals surface area contributed by atoms with Gasteiger partial charge in [0.1, 0.15) is 11.5 Å². The Bertz CT molecular complexity index is 1190. The number of benzene rings is 2. The molecule has 0 radical (unpaired) electrons. The van der Waals surface area contributed by atoms with Crippen molar-refractivity contribution in [1.82, 2.24) is 14.7 Å². The molecule has 8 nitrogen and oxygen atoms in total. The molecule has 0 aliphatic carbocycles. The predicted molar refractivity (Wildman–Crippen MR) is 128 cm³/mol. The Kier molecular flexibility index (Phi) is 7.88. The molecule has 9 heteroatoms. The Morgan fingerprint density at radius 1 is 1.03 bits per heavy atom. The third-order valence-electron chi connectivity index (χ3n) is 5.40. The summed E-state index contributed by atoms with van der Waals surface area (Å²) in [6.07, 6.45) is 0. The number of anilines is 1. The van der Waals surface area contributed by atoms with Crippen molar-refractivity contribution in [2.45, 2.75) is 32.6 Å². The van der Waals surface area contributed by atoms with Crippen molar-refractivity contribution in [1.29, 1.82) is 0 Å². The standard InChI is InChI=1S/C24H30N4O4S/c1-5-27(6-2)16-17-32-24(29)20-12-14-21(15-13-20)26-33(30,31)23-18(3)25-28(19(23)4)22-10-8-7-9-11-22/h7-15,26H,5-6,16-17H2,1-4H3. The molecule has 0 atom stereocenters. The minimum atomic E-state index is -3.88. The Hall–Kier alpha value is -3.17. The Balaban J connectivity index is 1.71. The summed E-state index contributed by atoms with van der Waals surface area (Å²) >= 11 is 0. The first-order valence-electron chi connectivity index (χ1n) is 10.9. The summed E-state index contributed by atoms with van der Waals surface area (Å²) in [6.45, 7) is 10.3. The molecular weight excluding hydrogens is 440 g/mol. The van der Waals surface area contributed by atoms with E-state index in [1.165, 1.54) is 0 Å². The number of rotatable bonds is 10. The fourth-order valence-electron chi connectivity index (χ4n) is 3.61. The zero-order valence-corrected chi connectivity index (χ0v) is 20.2. The zero-order valence-electron chi connectivity index (χ0n) is 19.4. The molecule has 0 spiro atoms. The number of carbonyl (C=O) groups excluding carboxylic acids is 1. The average Bonchev–Trinajstić information content (AvgIpc) is 3.12. The topological polar surface area (TPSA) is 93.5 Å². The number of nitrogens with zero attached hydrogens (tertiary/aromatic N) is 3. The van der Waals surface area contributed by atoms with Crippen LogP contribution in [0.5, 0.6) is 0 Å². The van der Waals surface area contributed by atoms with Crippen molar-refractivity contribution in [3.05, 3.63) is 71.5 Å².